The van der Waals surface area contributed by atoms with E-state index in [1.165, 1.54) is 17.7 Å². The summed E-state index contributed by atoms with van der Waals surface area (Å²) in [6.07, 6.45) is 5.76. The summed E-state index contributed by atoms with van der Waals surface area (Å²) in [7, 11) is 0. The molecular formula is C17H30N2O4. The third-order valence-electron chi connectivity index (χ3n) is 4.41. The van der Waals surface area contributed by atoms with Gasteiger partial charge in [0.1, 0.15) is 11.6 Å². The average Bonchev–Trinajstić information content (AvgIpc) is 2.65. The van der Waals surface area contributed by atoms with E-state index >= 15 is 0 Å². The Hall–Kier alpha value is -1.30. The second kappa shape index (κ2) is 7.51. The van der Waals surface area contributed by atoms with Gasteiger partial charge in [0, 0.05) is 12.5 Å². The Kier molecular flexibility index (Phi) is 5.89. The highest BCUT2D eigenvalue weighted by Gasteiger charge is 2.41. The van der Waals surface area contributed by atoms with Crippen molar-refractivity contribution in [2.75, 3.05) is 6.54 Å². The van der Waals surface area contributed by atoms with E-state index in [0.29, 0.717) is 0 Å². The number of rotatable bonds is 2. The maximum Gasteiger partial charge on any atom is 0.411 e. The lowest BCUT2D eigenvalue weighted by Crippen LogP contribution is -2.49. The molecule has 2 aliphatic rings. The van der Waals surface area contributed by atoms with Crippen molar-refractivity contribution in [1.29, 1.82) is 0 Å². The Labute approximate surface area is 138 Å². The summed E-state index contributed by atoms with van der Waals surface area (Å²) in [5, 5.41) is 13.0. The normalized spacial score (nSPS) is 26.7. The van der Waals surface area contributed by atoms with Crippen LogP contribution in [0.5, 0.6) is 0 Å². The van der Waals surface area contributed by atoms with Gasteiger partial charge in [-0.25, -0.2) is 4.79 Å². The molecule has 0 unspecified atom stereocenters. The van der Waals surface area contributed by atoms with Gasteiger partial charge in [-0.3, -0.25) is 9.69 Å². The molecule has 0 radical (unpaired) electrons. The molecule has 2 N–H and O–H groups in total. The highest BCUT2D eigenvalue weighted by Crippen LogP contribution is 2.23. The van der Waals surface area contributed by atoms with Gasteiger partial charge < -0.3 is 15.2 Å². The fraction of sp³-hybridized carbons (Fsp3) is 0.882. The van der Waals surface area contributed by atoms with Crippen LogP contribution in [0.4, 0.5) is 4.79 Å². The fourth-order valence-electron chi connectivity index (χ4n) is 3.31. The number of nitrogens with one attached hydrogen (secondary N) is 1. The zero-order valence-corrected chi connectivity index (χ0v) is 14.5. The van der Waals surface area contributed by atoms with E-state index in [1.807, 2.05) is 0 Å². The predicted octanol–water partition coefficient (Wildman–Crippen LogP) is 2.20. The molecule has 1 aliphatic carbocycles. The van der Waals surface area contributed by atoms with E-state index in [-0.39, 0.29) is 24.9 Å². The van der Waals surface area contributed by atoms with E-state index in [0.717, 1.165) is 25.7 Å². The minimum absolute atomic E-state index is 0.150. The monoisotopic (exact) mass is 326 g/mol. The molecule has 1 saturated carbocycles. The van der Waals surface area contributed by atoms with E-state index in [9.17, 15) is 14.7 Å². The summed E-state index contributed by atoms with van der Waals surface area (Å²) < 4.78 is 5.36. The van der Waals surface area contributed by atoms with Gasteiger partial charge in [0.25, 0.3) is 0 Å². The van der Waals surface area contributed by atoms with Gasteiger partial charge in [-0.2, -0.15) is 0 Å². The number of hydrogen-bond donors (Lipinski definition) is 2. The maximum absolute atomic E-state index is 12.6. The van der Waals surface area contributed by atoms with Crippen molar-refractivity contribution in [3.05, 3.63) is 0 Å². The lowest BCUT2D eigenvalue weighted by molar-refractivity contribution is -0.126. The summed E-state index contributed by atoms with van der Waals surface area (Å²) in [6.45, 7) is 5.52. The van der Waals surface area contributed by atoms with Crippen molar-refractivity contribution < 1.29 is 19.4 Å². The summed E-state index contributed by atoms with van der Waals surface area (Å²) in [4.78, 5) is 26.2. The third-order valence-corrected chi connectivity index (χ3v) is 4.41. The Bertz CT molecular complexity index is 425. The van der Waals surface area contributed by atoms with E-state index in [2.05, 4.69) is 5.32 Å². The van der Waals surface area contributed by atoms with Crippen LogP contribution < -0.4 is 5.32 Å². The molecule has 2 amide bonds. The van der Waals surface area contributed by atoms with Crippen molar-refractivity contribution in [3.8, 4) is 0 Å². The minimum Gasteiger partial charge on any atom is -0.444 e. The number of β-amino-alcohol motifs (C(OH)–C–C–N with tert-alkyl or cyclic N) is 1. The summed E-state index contributed by atoms with van der Waals surface area (Å²) in [5.74, 6) is -0.167. The quantitative estimate of drug-likeness (QED) is 0.763. The number of amides is 2. The van der Waals surface area contributed by atoms with E-state index in [4.69, 9.17) is 4.74 Å². The van der Waals surface area contributed by atoms with Crippen molar-refractivity contribution >= 4 is 12.0 Å². The van der Waals surface area contributed by atoms with Crippen LogP contribution in [0.3, 0.4) is 0 Å². The first-order chi connectivity index (χ1) is 10.8. The largest absolute Gasteiger partial charge is 0.444 e. The van der Waals surface area contributed by atoms with Gasteiger partial charge in [-0.15, -0.1) is 0 Å². The van der Waals surface area contributed by atoms with E-state index in [1.54, 1.807) is 20.8 Å². The zero-order valence-electron chi connectivity index (χ0n) is 14.5. The predicted molar refractivity (Wildman–Crippen MR) is 87.0 cm³/mol. The number of carbonyl (C=O) groups is 2. The highest BCUT2D eigenvalue weighted by molar-refractivity contribution is 5.86. The zero-order chi connectivity index (χ0) is 17.0. The SMILES string of the molecule is CC(C)(C)OC(=O)N1C[C@@H](O)C[C@@H]1C(=O)NC1CCCCCC1. The van der Waals surface area contributed by atoms with Crippen LogP contribution >= 0.6 is 0 Å². The molecule has 1 aliphatic heterocycles. The fourth-order valence-corrected chi connectivity index (χ4v) is 3.31. The number of carbonyl (C=O) groups excluding carboxylic acids is 2. The first kappa shape index (κ1) is 18.0. The molecule has 0 aromatic rings. The molecule has 132 valence electrons. The Morgan fingerprint density at radius 2 is 1.74 bits per heavy atom. The molecular weight excluding hydrogens is 296 g/mol. The number of aliphatic hydroxyl groups excluding tert-OH is 1. The second-order valence-electron chi connectivity index (χ2n) is 7.74. The van der Waals surface area contributed by atoms with Crippen molar-refractivity contribution in [2.45, 2.75) is 89.5 Å². The first-order valence-corrected chi connectivity index (χ1v) is 8.74. The van der Waals surface area contributed by atoms with Gasteiger partial charge in [-0.05, 0) is 33.6 Å². The molecule has 23 heavy (non-hydrogen) atoms. The minimum atomic E-state index is -0.674. The third kappa shape index (κ3) is 5.37. The van der Waals surface area contributed by atoms with Crippen LogP contribution in [0.2, 0.25) is 0 Å². The summed E-state index contributed by atoms with van der Waals surface area (Å²) >= 11 is 0. The van der Waals surface area contributed by atoms with Crippen LogP contribution in [0, 0.1) is 0 Å². The molecule has 0 aromatic carbocycles. The number of nitrogens with zero attached hydrogens (tertiary/aromatic N) is 1. The van der Waals surface area contributed by atoms with Crippen molar-refractivity contribution in [2.24, 2.45) is 0 Å². The summed E-state index contributed by atoms with van der Waals surface area (Å²) in [6, 6.07) is -0.452. The van der Waals surface area contributed by atoms with Crippen LogP contribution in [-0.4, -0.2) is 52.3 Å². The van der Waals surface area contributed by atoms with Crippen LogP contribution in [0.1, 0.15) is 65.7 Å². The number of ether oxygens (including phenoxy) is 1. The number of hydrogen-bond acceptors (Lipinski definition) is 4. The Morgan fingerprint density at radius 1 is 1.13 bits per heavy atom. The van der Waals surface area contributed by atoms with Crippen molar-refractivity contribution in [1.82, 2.24) is 10.2 Å². The molecule has 1 saturated heterocycles. The van der Waals surface area contributed by atoms with Gasteiger partial charge in [0.05, 0.1) is 12.6 Å². The second-order valence-corrected chi connectivity index (χ2v) is 7.74. The standard InChI is InChI=1S/C17H30N2O4/c1-17(2,3)23-16(22)19-11-13(20)10-14(19)15(21)18-12-8-6-4-5-7-9-12/h12-14,20H,4-11H2,1-3H3,(H,18,21)/t13-,14+/m0/s1. The Balaban J connectivity index is 1.97. The van der Waals surface area contributed by atoms with Gasteiger partial charge in [-0.1, -0.05) is 25.7 Å². The van der Waals surface area contributed by atoms with Crippen LogP contribution in [0.15, 0.2) is 0 Å². The van der Waals surface area contributed by atoms with Crippen LogP contribution in [-0.2, 0) is 9.53 Å². The molecule has 2 fully saturated rings. The lowest BCUT2D eigenvalue weighted by atomic mass is 10.1. The first-order valence-electron chi connectivity index (χ1n) is 8.74. The molecule has 2 rings (SSSR count). The van der Waals surface area contributed by atoms with E-state index < -0.39 is 23.8 Å². The topological polar surface area (TPSA) is 78.9 Å². The van der Waals surface area contributed by atoms with Gasteiger partial charge in [0.15, 0.2) is 0 Å². The maximum atomic E-state index is 12.6. The van der Waals surface area contributed by atoms with Gasteiger partial charge in [0.2, 0.25) is 5.91 Å². The van der Waals surface area contributed by atoms with Crippen molar-refractivity contribution in [3.63, 3.8) is 0 Å². The molecule has 0 spiro atoms. The number of likely N-dealkylation sites (tertiary alicyclic amines) is 1. The summed E-state index contributed by atoms with van der Waals surface area (Å²) in [5.41, 5.74) is -0.618. The van der Waals surface area contributed by atoms with Crippen LogP contribution in [0.25, 0.3) is 0 Å². The van der Waals surface area contributed by atoms with Gasteiger partial charge >= 0.3 is 6.09 Å². The molecule has 0 aromatic heterocycles. The lowest BCUT2D eigenvalue weighted by Gasteiger charge is -2.28. The Morgan fingerprint density at radius 3 is 2.30 bits per heavy atom. The molecule has 2 atom stereocenters. The average molecular weight is 326 g/mol. The molecule has 6 nitrogen and oxygen atoms in total. The molecule has 1 heterocycles. The molecule has 0 bridgehead atoms. The highest BCUT2D eigenvalue weighted by atomic mass is 16.6. The smallest absolute Gasteiger partial charge is 0.411 e. The number of aliphatic hydroxyl groups is 1. The molecule has 6 heteroatoms.